The molecule has 5 heteroatoms. The Balaban J connectivity index is 1.59. The molecule has 0 aromatic carbocycles. The Morgan fingerprint density at radius 2 is 2.12 bits per heavy atom. The molecule has 1 aliphatic rings. The van der Waals surface area contributed by atoms with Gasteiger partial charge < -0.3 is 14.8 Å². The minimum atomic E-state index is 0.0556. The van der Waals surface area contributed by atoms with Crippen molar-refractivity contribution in [3.8, 4) is 0 Å². The standard InChI is InChI=1S/C12H20N4O/c17-12(10-16-8-4-13-11-16)14-5-9-15-6-2-1-3-7-15/h4,8,11H,1-3,5-7,9-10H2,(H,14,17). The van der Waals surface area contributed by atoms with E-state index in [0.717, 1.165) is 13.1 Å². The average molecular weight is 236 g/mol. The third-order valence-corrected chi connectivity index (χ3v) is 3.08. The molecule has 1 saturated heterocycles. The van der Waals surface area contributed by atoms with Crippen molar-refractivity contribution in [3.05, 3.63) is 18.7 Å². The molecular formula is C12H20N4O. The molecule has 0 unspecified atom stereocenters. The van der Waals surface area contributed by atoms with Crippen molar-refractivity contribution in [2.24, 2.45) is 0 Å². The lowest BCUT2D eigenvalue weighted by Gasteiger charge is -2.26. The predicted octanol–water partition coefficient (Wildman–Crippen LogP) is 0.485. The van der Waals surface area contributed by atoms with E-state index in [2.05, 4.69) is 15.2 Å². The van der Waals surface area contributed by atoms with Crippen LogP contribution in [0.15, 0.2) is 18.7 Å². The van der Waals surface area contributed by atoms with Crippen LogP contribution >= 0.6 is 0 Å². The third kappa shape index (κ3) is 4.19. The first-order chi connectivity index (χ1) is 8.34. The van der Waals surface area contributed by atoms with Gasteiger partial charge in [0.15, 0.2) is 0 Å². The van der Waals surface area contributed by atoms with Crippen LogP contribution in [0.25, 0.3) is 0 Å². The normalized spacial score (nSPS) is 16.9. The Morgan fingerprint density at radius 3 is 2.82 bits per heavy atom. The maximum atomic E-state index is 11.6. The highest BCUT2D eigenvalue weighted by Gasteiger charge is 2.09. The summed E-state index contributed by atoms with van der Waals surface area (Å²) in [7, 11) is 0. The van der Waals surface area contributed by atoms with Crippen LogP contribution < -0.4 is 5.32 Å². The molecular weight excluding hydrogens is 216 g/mol. The highest BCUT2D eigenvalue weighted by Crippen LogP contribution is 2.07. The van der Waals surface area contributed by atoms with Gasteiger partial charge in [0, 0.05) is 25.5 Å². The van der Waals surface area contributed by atoms with Crippen LogP contribution in [-0.2, 0) is 11.3 Å². The number of hydrogen-bond acceptors (Lipinski definition) is 3. The van der Waals surface area contributed by atoms with Crippen LogP contribution in [-0.4, -0.2) is 46.5 Å². The fraction of sp³-hybridized carbons (Fsp3) is 0.667. The van der Waals surface area contributed by atoms with Gasteiger partial charge in [0.25, 0.3) is 0 Å². The molecule has 2 heterocycles. The number of nitrogens with zero attached hydrogens (tertiary/aromatic N) is 3. The molecule has 1 aromatic heterocycles. The van der Waals surface area contributed by atoms with Gasteiger partial charge in [-0.05, 0) is 25.9 Å². The van der Waals surface area contributed by atoms with Crippen molar-refractivity contribution in [2.75, 3.05) is 26.2 Å². The quantitative estimate of drug-likeness (QED) is 0.809. The number of nitrogens with one attached hydrogen (secondary N) is 1. The number of rotatable bonds is 5. The van der Waals surface area contributed by atoms with E-state index in [4.69, 9.17) is 0 Å². The summed E-state index contributed by atoms with van der Waals surface area (Å²) in [4.78, 5) is 17.9. The number of likely N-dealkylation sites (tertiary alicyclic amines) is 1. The third-order valence-electron chi connectivity index (χ3n) is 3.08. The number of hydrogen-bond donors (Lipinski definition) is 1. The first-order valence-corrected chi connectivity index (χ1v) is 6.29. The monoisotopic (exact) mass is 236 g/mol. The second-order valence-electron chi connectivity index (χ2n) is 4.49. The fourth-order valence-electron chi connectivity index (χ4n) is 2.14. The highest BCUT2D eigenvalue weighted by atomic mass is 16.1. The minimum Gasteiger partial charge on any atom is -0.353 e. The van der Waals surface area contributed by atoms with Crippen molar-refractivity contribution in [2.45, 2.75) is 25.8 Å². The molecule has 0 saturated carbocycles. The summed E-state index contributed by atoms with van der Waals surface area (Å²) in [5.74, 6) is 0.0556. The van der Waals surface area contributed by atoms with E-state index in [-0.39, 0.29) is 5.91 Å². The second kappa shape index (κ2) is 6.39. The van der Waals surface area contributed by atoms with Crippen LogP contribution in [0.4, 0.5) is 0 Å². The molecule has 0 spiro atoms. The number of imidazole rings is 1. The molecule has 1 aliphatic heterocycles. The van der Waals surface area contributed by atoms with E-state index in [0.29, 0.717) is 6.54 Å². The topological polar surface area (TPSA) is 50.2 Å². The van der Waals surface area contributed by atoms with Crippen LogP contribution in [0.3, 0.4) is 0 Å². The minimum absolute atomic E-state index is 0.0556. The van der Waals surface area contributed by atoms with Gasteiger partial charge in [0.05, 0.1) is 6.33 Å². The SMILES string of the molecule is O=C(Cn1ccnc1)NCCN1CCCCC1. The van der Waals surface area contributed by atoms with E-state index in [1.165, 1.54) is 32.4 Å². The highest BCUT2D eigenvalue weighted by molar-refractivity contribution is 5.75. The van der Waals surface area contributed by atoms with Gasteiger partial charge in [0.2, 0.25) is 5.91 Å². The Kier molecular flexibility index (Phi) is 4.55. The summed E-state index contributed by atoms with van der Waals surface area (Å²) in [6.45, 7) is 4.43. The number of carbonyl (C=O) groups excluding carboxylic acids is 1. The first-order valence-electron chi connectivity index (χ1n) is 6.29. The molecule has 0 atom stereocenters. The van der Waals surface area contributed by atoms with Crippen molar-refractivity contribution < 1.29 is 4.79 Å². The molecule has 17 heavy (non-hydrogen) atoms. The van der Waals surface area contributed by atoms with E-state index >= 15 is 0 Å². The molecule has 2 rings (SSSR count). The zero-order chi connectivity index (χ0) is 11.9. The van der Waals surface area contributed by atoms with Gasteiger partial charge in [-0.25, -0.2) is 4.98 Å². The lowest BCUT2D eigenvalue weighted by Crippen LogP contribution is -2.38. The number of aromatic nitrogens is 2. The lowest BCUT2D eigenvalue weighted by atomic mass is 10.1. The second-order valence-corrected chi connectivity index (χ2v) is 4.49. The summed E-state index contributed by atoms with van der Waals surface area (Å²) in [5, 5.41) is 2.94. The summed E-state index contributed by atoms with van der Waals surface area (Å²) in [6.07, 6.45) is 9.07. The Labute approximate surface area is 102 Å². The number of amides is 1. The van der Waals surface area contributed by atoms with Gasteiger partial charge in [-0.1, -0.05) is 6.42 Å². The smallest absolute Gasteiger partial charge is 0.240 e. The molecule has 0 aliphatic carbocycles. The van der Waals surface area contributed by atoms with E-state index in [9.17, 15) is 4.79 Å². The van der Waals surface area contributed by atoms with Crippen LogP contribution in [0.1, 0.15) is 19.3 Å². The predicted molar refractivity (Wildman–Crippen MR) is 65.5 cm³/mol. The molecule has 1 aromatic rings. The van der Waals surface area contributed by atoms with E-state index in [1.54, 1.807) is 23.3 Å². The largest absolute Gasteiger partial charge is 0.353 e. The Morgan fingerprint density at radius 1 is 1.29 bits per heavy atom. The molecule has 0 bridgehead atoms. The van der Waals surface area contributed by atoms with Gasteiger partial charge in [0.1, 0.15) is 6.54 Å². The molecule has 1 N–H and O–H groups in total. The number of piperidine rings is 1. The maximum absolute atomic E-state index is 11.6. The van der Waals surface area contributed by atoms with Gasteiger partial charge in [-0.3, -0.25) is 4.79 Å². The fourth-order valence-corrected chi connectivity index (χ4v) is 2.14. The zero-order valence-corrected chi connectivity index (χ0v) is 10.1. The van der Waals surface area contributed by atoms with Gasteiger partial charge in [-0.15, -0.1) is 0 Å². The molecule has 1 fully saturated rings. The lowest BCUT2D eigenvalue weighted by molar-refractivity contribution is -0.121. The maximum Gasteiger partial charge on any atom is 0.240 e. The first kappa shape index (κ1) is 12.1. The molecule has 94 valence electrons. The molecule has 5 nitrogen and oxygen atoms in total. The van der Waals surface area contributed by atoms with Crippen LogP contribution in [0.5, 0.6) is 0 Å². The van der Waals surface area contributed by atoms with Gasteiger partial charge >= 0.3 is 0 Å². The van der Waals surface area contributed by atoms with Crippen molar-refractivity contribution in [1.29, 1.82) is 0 Å². The average Bonchev–Trinajstić information content (AvgIpc) is 2.83. The summed E-state index contributed by atoms with van der Waals surface area (Å²) in [5.41, 5.74) is 0. The Bertz CT molecular complexity index is 330. The summed E-state index contributed by atoms with van der Waals surface area (Å²) >= 11 is 0. The van der Waals surface area contributed by atoms with Crippen LogP contribution in [0, 0.1) is 0 Å². The number of carbonyl (C=O) groups is 1. The molecule has 0 radical (unpaired) electrons. The van der Waals surface area contributed by atoms with Crippen molar-refractivity contribution >= 4 is 5.91 Å². The summed E-state index contributed by atoms with van der Waals surface area (Å²) in [6, 6.07) is 0. The van der Waals surface area contributed by atoms with E-state index < -0.39 is 0 Å². The zero-order valence-electron chi connectivity index (χ0n) is 10.1. The van der Waals surface area contributed by atoms with Gasteiger partial charge in [-0.2, -0.15) is 0 Å². The van der Waals surface area contributed by atoms with Crippen LogP contribution in [0.2, 0.25) is 0 Å². The van der Waals surface area contributed by atoms with Crippen molar-refractivity contribution in [1.82, 2.24) is 19.8 Å². The molecule has 1 amide bonds. The van der Waals surface area contributed by atoms with Crippen molar-refractivity contribution in [3.63, 3.8) is 0 Å². The Hall–Kier alpha value is -1.36. The van der Waals surface area contributed by atoms with E-state index in [1.807, 2.05) is 0 Å². The summed E-state index contributed by atoms with van der Waals surface area (Å²) < 4.78 is 1.77.